The van der Waals surface area contributed by atoms with Gasteiger partial charge in [-0.2, -0.15) is 13.2 Å². The summed E-state index contributed by atoms with van der Waals surface area (Å²) in [4.78, 5) is 23.2. The fourth-order valence-electron chi connectivity index (χ4n) is 4.21. The highest BCUT2D eigenvalue weighted by Crippen LogP contribution is 2.32. The van der Waals surface area contributed by atoms with Crippen molar-refractivity contribution in [2.24, 2.45) is 5.92 Å². The Labute approximate surface area is 194 Å². The molecule has 176 valence electrons. The number of aliphatic carboxylic acids is 1. The molecule has 0 aromatic heterocycles. The molecule has 1 aliphatic rings. The van der Waals surface area contributed by atoms with E-state index in [0.29, 0.717) is 5.69 Å². The molecule has 3 N–H and O–H groups in total. The summed E-state index contributed by atoms with van der Waals surface area (Å²) in [5.74, 6) is -0.582. The number of hydrogen-bond donors (Lipinski definition) is 3. The normalized spacial score (nSPS) is 15.3. The number of carbonyl (C=O) groups excluding carboxylic acids is 1. The quantitative estimate of drug-likeness (QED) is 0.395. The van der Waals surface area contributed by atoms with Gasteiger partial charge in [-0.15, -0.1) is 0 Å². The van der Waals surface area contributed by atoms with Crippen molar-refractivity contribution >= 4 is 23.4 Å². The summed E-state index contributed by atoms with van der Waals surface area (Å²) in [5.41, 5.74) is 4.46. The highest BCUT2D eigenvalue weighted by Gasteiger charge is 2.30. The first kappa shape index (κ1) is 23.4. The predicted octanol–water partition coefficient (Wildman–Crippen LogP) is 6.60. The van der Waals surface area contributed by atoms with Gasteiger partial charge in [0.05, 0.1) is 5.56 Å². The van der Waals surface area contributed by atoms with Crippen molar-refractivity contribution in [3.8, 4) is 11.1 Å². The maximum Gasteiger partial charge on any atom is 0.416 e. The number of carboxylic acid groups (broad SMARTS) is 1. The fraction of sp³-hybridized carbons (Fsp3) is 0.231. The summed E-state index contributed by atoms with van der Waals surface area (Å²) in [7, 11) is 0. The molecule has 0 spiro atoms. The summed E-state index contributed by atoms with van der Waals surface area (Å²) in [6.07, 6.45) is -1.74. The smallest absolute Gasteiger partial charge is 0.416 e. The van der Waals surface area contributed by atoms with Crippen LogP contribution in [0.1, 0.15) is 29.5 Å². The van der Waals surface area contributed by atoms with E-state index in [1.54, 1.807) is 12.1 Å². The molecule has 0 radical (unpaired) electrons. The Hall–Kier alpha value is -3.81. The van der Waals surface area contributed by atoms with E-state index in [1.165, 1.54) is 23.3 Å². The number of carboxylic acids is 1. The van der Waals surface area contributed by atoms with Crippen molar-refractivity contribution in [1.82, 2.24) is 0 Å². The van der Waals surface area contributed by atoms with Crippen LogP contribution in [0.5, 0.6) is 0 Å². The van der Waals surface area contributed by atoms with E-state index in [9.17, 15) is 22.8 Å². The molecule has 0 heterocycles. The van der Waals surface area contributed by atoms with Gasteiger partial charge in [-0.3, -0.25) is 4.79 Å². The number of fused-ring (bicyclic) bond motifs is 1. The van der Waals surface area contributed by atoms with E-state index in [2.05, 4.69) is 22.8 Å². The zero-order chi connectivity index (χ0) is 24.3. The summed E-state index contributed by atoms with van der Waals surface area (Å²) in [5, 5.41) is 14.2. The molecule has 3 aromatic rings. The second-order valence-corrected chi connectivity index (χ2v) is 8.42. The Kier molecular flexibility index (Phi) is 6.58. The lowest BCUT2D eigenvalue weighted by Gasteiger charge is -2.24. The molecule has 0 saturated carbocycles. The monoisotopic (exact) mass is 468 g/mol. The molecule has 0 bridgehead atoms. The van der Waals surface area contributed by atoms with Crippen LogP contribution in [-0.4, -0.2) is 17.1 Å². The van der Waals surface area contributed by atoms with E-state index in [0.717, 1.165) is 42.5 Å². The van der Waals surface area contributed by atoms with Gasteiger partial charge in [0, 0.05) is 17.8 Å². The van der Waals surface area contributed by atoms with Crippen LogP contribution in [0.25, 0.3) is 11.1 Å². The molecule has 4 rings (SSSR count). The lowest BCUT2D eigenvalue weighted by Crippen LogP contribution is -2.19. The molecule has 1 aliphatic carbocycles. The second kappa shape index (κ2) is 9.59. The van der Waals surface area contributed by atoms with Gasteiger partial charge < -0.3 is 15.7 Å². The molecule has 5 nitrogen and oxygen atoms in total. The number of anilines is 2. The van der Waals surface area contributed by atoms with Crippen LogP contribution in [0.4, 0.5) is 29.3 Å². The number of nitrogens with one attached hydrogen (secondary N) is 2. The molecular formula is C26H23F3N2O3. The third-order valence-electron chi connectivity index (χ3n) is 5.95. The number of alkyl halides is 3. The molecule has 1 atom stereocenters. The van der Waals surface area contributed by atoms with Crippen LogP contribution in [0.15, 0.2) is 66.7 Å². The standard InChI is InChI=1S/C26H23F3N2O3/c27-26(28,29)21-7-11-23(12-8-21)31-25(34)30-22-9-5-17(6-10-22)19-4-3-18-13-16(14-24(32)33)1-2-20(18)15-19/h3-12,15-16H,1-2,13-14H2,(H,32,33)(H2,30,31,34). The molecule has 34 heavy (non-hydrogen) atoms. The van der Waals surface area contributed by atoms with Gasteiger partial charge in [-0.1, -0.05) is 30.3 Å². The van der Waals surface area contributed by atoms with Crippen LogP contribution in [0, 0.1) is 5.92 Å². The molecule has 1 unspecified atom stereocenters. The topological polar surface area (TPSA) is 78.4 Å². The van der Waals surface area contributed by atoms with Gasteiger partial charge in [0.15, 0.2) is 0 Å². The van der Waals surface area contributed by atoms with Crippen LogP contribution in [-0.2, 0) is 23.8 Å². The van der Waals surface area contributed by atoms with E-state index < -0.39 is 23.7 Å². The van der Waals surface area contributed by atoms with E-state index >= 15 is 0 Å². The molecular weight excluding hydrogens is 445 g/mol. The van der Waals surface area contributed by atoms with Gasteiger partial charge in [0.25, 0.3) is 0 Å². The number of amides is 2. The number of carbonyl (C=O) groups is 2. The number of urea groups is 1. The number of halogens is 3. The van der Waals surface area contributed by atoms with Crippen LogP contribution in [0.2, 0.25) is 0 Å². The number of aryl methyl sites for hydroxylation is 1. The largest absolute Gasteiger partial charge is 0.481 e. The first-order chi connectivity index (χ1) is 16.2. The highest BCUT2D eigenvalue weighted by molar-refractivity contribution is 5.99. The fourth-order valence-corrected chi connectivity index (χ4v) is 4.21. The lowest BCUT2D eigenvalue weighted by atomic mass is 9.81. The van der Waals surface area contributed by atoms with Crippen LogP contribution >= 0.6 is 0 Å². The van der Waals surface area contributed by atoms with Crippen molar-refractivity contribution in [3.63, 3.8) is 0 Å². The minimum absolute atomic E-state index is 0.176. The third-order valence-corrected chi connectivity index (χ3v) is 5.95. The minimum atomic E-state index is -4.43. The SMILES string of the molecule is O=C(O)CC1CCc2cc(-c3ccc(NC(=O)Nc4ccc(C(F)(F)F)cc4)cc3)ccc2C1. The Morgan fingerprint density at radius 1 is 0.853 bits per heavy atom. The Balaban J connectivity index is 1.37. The van der Waals surface area contributed by atoms with E-state index in [1.807, 2.05) is 18.2 Å². The van der Waals surface area contributed by atoms with Gasteiger partial charge in [-0.05, 0) is 83.8 Å². The minimum Gasteiger partial charge on any atom is -0.481 e. The van der Waals surface area contributed by atoms with Crippen molar-refractivity contribution < 1.29 is 27.9 Å². The third kappa shape index (κ3) is 5.75. The average molecular weight is 468 g/mol. The molecule has 0 saturated heterocycles. The molecule has 0 aliphatic heterocycles. The zero-order valence-corrected chi connectivity index (χ0v) is 18.2. The van der Waals surface area contributed by atoms with Gasteiger partial charge in [-0.25, -0.2) is 4.79 Å². The maximum absolute atomic E-state index is 12.6. The van der Waals surface area contributed by atoms with Crippen molar-refractivity contribution in [3.05, 3.63) is 83.4 Å². The molecule has 2 amide bonds. The van der Waals surface area contributed by atoms with Crippen LogP contribution in [0.3, 0.4) is 0 Å². The summed E-state index contributed by atoms with van der Waals surface area (Å²) in [6.45, 7) is 0. The van der Waals surface area contributed by atoms with Gasteiger partial charge >= 0.3 is 18.2 Å². The lowest BCUT2D eigenvalue weighted by molar-refractivity contribution is -0.138. The predicted molar refractivity (Wildman–Crippen MR) is 124 cm³/mol. The number of benzene rings is 3. The van der Waals surface area contributed by atoms with Crippen LogP contribution < -0.4 is 10.6 Å². The Morgan fingerprint density at radius 2 is 1.44 bits per heavy atom. The summed E-state index contributed by atoms with van der Waals surface area (Å²) in [6, 6.07) is 17.1. The molecule has 0 fully saturated rings. The van der Waals surface area contributed by atoms with Gasteiger partial charge in [0.2, 0.25) is 0 Å². The summed E-state index contributed by atoms with van der Waals surface area (Å²) < 4.78 is 37.9. The number of hydrogen-bond acceptors (Lipinski definition) is 2. The molecule has 3 aromatic carbocycles. The maximum atomic E-state index is 12.6. The zero-order valence-electron chi connectivity index (χ0n) is 18.2. The Bertz CT molecular complexity index is 1190. The van der Waals surface area contributed by atoms with Crippen molar-refractivity contribution in [1.29, 1.82) is 0 Å². The van der Waals surface area contributed by atoms with Crippen molar-refractivity contribution in [2.45, 2.75) is 31.9 Å². The average Bonchev–Trinajstić information content (AvgIpc) is 2.78. The Morgan fingerprint density at radius 3 is 2.03 bits per heavy atom. The first-order valence-corrected chi connectivity index (χ1v) is 10.9. The van der Waals surface area contributed by atoms with E-state index in [4.69, 9.17) is 5.11 Å². The van der Waals surface area contributed by atoms with Gasteiger partial charge in [0.1, 0.15) is 0 Å². The second-order valence-electron chi connectivity index (χ2n) is 8.42. The first-order valence-electron chi connectivity index (χ1n) is 10.9. The molecule has 8 heteroatoms. The summed E-state index contributed by atoms with van der Waals surface area (Å²) >= 11 is 0. The van der Waals surface area contributed by atoms with E-state index in [-0.39, 0.29) is 18.0 Å². The highest BCUT2D eigenvalue weighted by atomic mass is 19.4. The number of rotatable bonds is 5. The van der Waals surface area contributed by atoms with Crippen molar-refractivity contribution in [2.75, 3.05) is 10.6 Å².